The van der Waals surface area contributed by atoms with E-state index in [0.29, 0.717) is 41.1 Å². The molecular formula is C23H25N3O4S. The van der Waals surface area contributed by atoms with Crippen LogP contribution in [0.1, 0.15) is 36.5 Å². The van der Waals surface area contributed by atoms with E-state index in [0.717, 1.165) is 30.4 Å². The van der Waals surface area contributed by atoms with Gasteiger partial charge in [0.1, 0.15) is 5.75 Å². The van der Waals surface area contributed by atoms with Gasteiger partial charge in [-0.1, -0.05) is 31.2 Å². The average molecular weight is 440 g/mol. The summed E-state index contributed by atoms with van der Waals surface area (Å²) in [4.78, 5) is 12.4. The van der Waals surface area contributed by atoms with Crippen LogP contribution in [-0.4, -0.2) is 25.7 Å². The Labute approximate surface area is 181 Å². The van der Waals surface area contributed by atoms with Crippen LogP contribution in [0, 0.1) is 0 Å². The van der Waals surface area contributed by atoms with Gasteiger partial charge in [-0.15, -0.1) is 0 Å². The molecular weight excluding hydrogens is 414 g/mol. The van der Waals surface area contributed by atoms with E-state index in [4.69, 9.17) is 4.74 Å². The molecule has 0 bridgehead atoms. The largest absolute Gasteiger partial charge is 0.495 e. The van der Waals surface area contributed by atoms with Gasteiger partial charge >= 0.3 is 0 Å². The predicted molar refractivity (Wildman–Crippen MR) is 120 cm³/mol. The Morgan fingerprint density at radius 3 is 2.58 bits per heavy atom. The maximum absolute atomic E-state index is 13.3. The normalized spacial score (nSPS) is 13.5. The first-order valence-corrected chi connectivity index (χ1v) is 11.8. The smallest absolute Gasteiger partial charge is 0.267 e. The third-order valence-corrected chi connectivity index (χ3v) is 7.11. The molecule has 0 saturated heterocycles. The number of nitrogens with one attached hydrogen (secondary N) is 2. The van der Waals surface area contributed by atoms with Crippen LogP contribution in [-0.2, 0) is 29.3 Å². The molecule has 1 aromatic heterocycles. The van der Waals surface area contributed by atoms with Gasteiger partial charge in [0.2, 0.25) is 0 Å². The van der Waals surface area contributed by atoms with Crippen molar-refractivity contribution in [3.8, 4) is 17.0 Å². The Kier molecular flexibility index (Phi) is 5.82. The molecule has 1 aliphatic carbocycles. The third-order valence-electron chi connectivity index (χ3n) is 5.66. The molecule has 0 saturated carbocycles. The van der Waals surface area contributed by atoms with Gasteiger partial charge in [0.15, 0.2) is 0 Å². The fourth-order valence-corrected chi connectivity index (χ4v) is 5.48. The van der Waals surface area contributed by atoms with Gasteiger partial charge in [-0.2, -0.15) is 5.10 Å². The van der Waals surface area contributed by atoms with E-state index < -0.39 is 10.0 Å². The molecule has 3 aromatic rings. The van der Waals surface area contributed by atoms with E-state index in [1.807, 2.05) is 19.1 Å². The van der Waals surface area contributed by atoms with Crippen LogP contribution in [0.3, 0.4) is 0 Å². The fraction of sp³-hybridized carbons (Fsp3) is 0.304. The number of rotatable bonds is 6. The second kappa shape index (κ2) is 8.55. The number of sulfonamides is 1. The molecule has 0 atom stereocenters. The average Bonchev–Trinajstić information content (AvgIpc) is 2.79. The highest BCUT2D eigenvalue weighted by Gasteiger charge is 2.23. The molecule has 7 nitrogen and oxygen atoms in total. The van der Waals surface area contributed by atoms with Crippen LogP contribution in [0.15, 0.2) is 52.2 Å². The van der Waals surface area contributed by atoms with Crippen molar-refractivity contribution in [1.82, 2.24) is 10.2 Å². The van der Waals surface area contributed by atoms with E-state index in [1.54, 1.807) is 30.3 Å². The third kappa shape index (κ3) is 4.07. The number of nitrogens with zero attached hydrogens (tertiary/aromatic N) is 1. The van der Waals surface area contributed by atoms with Gasteiger partial charge in [0.25, 0.3) is 15.6 Å². The fourth-order valence-electron chi connectivity index (χ4n) is 4.07. The SMILES string of the molecule is CCc1ccc(-c2n[nH]c(=O)c3c2CCCC3)cc1S(=O)(=O)Nc1ccccc1OC. The van der Waals surface area contributed by atoms with E-state index in [9.17, 15) is 13.2 Å². The quantitative estimate of drug-likeness (QED) is 0.610. The van der Waals surface area contributed by atoms with Gasteiger partial charge in [-0.05, 0) is 61.4 Å². The van der Waals surface area contributed by atoms with Crippen LogP contribution in [0.2, 0.25) is 0 Å². The van der Waals surface area contributed by atoms with E-state index >= 15 is 0 Å². The second-order valence-electron chi connectivity index (χ2n) is 7.55. The van der Waals surface area contributed by atoms with Crippen molar-refractivity contribution < 1.29 is 13.2 Å². The number of ether oxygens (including phenoxy) is 1. The minimum atomic E-state index is -3.88. The summed E-state index contributed by atoms with van der Waals surface area (Å²) >= 11 is 0. The summed E-state index contributed by atoms with van der Waals surface area (Å²) in [6.45, 7) is 1.91. The number of anilines is 1. The molecule has 2 aromatic carbocycles. The van der Waals surface area contributed by atoms with Crippen LogP contribution in [0.25, 0.3) is 11.3 Å². The van der Waals surface area contributed by atoms with Gasteiger partial charge in [-0.3, -0.25) is 9.52 Å². The number of benzene rings is 2. The maximum atomic E-state index is 13.3. The van der Waals surface area contributed by atoms with Crippen molar-refractivity contribution >= 4 is 15.7 Å². The zero-order chi connectivity index (χ0) is 22.0. The monoisotopic (exact) mass is 439 g/mol. The Morgan fingerprint density at radius 1 is 1.10 bits per heavy atom. The molecule has 8 heteroatoms. The molecule has 31 heavy (non-hydrogen) atoms. The molecule has 4 rings (SSSR count). The molecule has 0 unspecified atom stereocenters. The number of H-pyrrole nitrogens is 1. The number of aromatic amines is 1. The van der Waals surface area contributed by atoms with Crippen LogP contribution < -0.4 is 15.0 Å². The second-order valence-corrected chi connectivity index (χ2v) is 9.20. The van der Waals surface area contributed by atoms with Crippen molar-refractivity contribution in [1.29, 1.82) is 0 Å². The van der Waals surface area contributed by atoms with Crippen molar-refractivity contribution in [3.05, 3.63) is 69.5 Å². The summed E-state index contributed by atoms with van der Waals surface area (Å²) in [5, 5.41) is 6.86. The summed E-state index contributed by atoms with van der Waals surface area (Å²) < 4.78 is 34.6. The van der Waals surface area contributed by atoms with Crippen LogP contribution in [0.4, 0.5) is 5.69 Å². The maximum Gasteiger partial charge on any atom is 0.267 e. The number of aromatic nitrogens is 2. The Balaban J connectivity index is 1.81. The molecule has 0 amide bonds. The zero-order valence-corrected chi connectivity index (χ0v) is 18.4. The molecule has 2 N–H and O–H groups in total. The lowest BCUT2D eigenvalue weighted by Crippen LogP contribution is -2.21. The van der Waals surface area contributed by atoms with Gasteiger partial charge < -0.3 is 4.74 Å². The highest BCUT2D eigenvalue weighted by molar-refractivity contribution is 7.92. The van der Waals surface area contributed by atoms with Crippen molar-refractivity contribution in [2.24, 2.45) is 0 Å². The van der Waals surface area contributed by atoms with Crippen molar-refractivity contribution in [2.75, 3.05) is 11.8 Å². The number of hydrogen-bond acceptors (Lipinski definition) is 5. The van der Waals surface area contributed by atoms with Crippen molar-refractivity contribution in [3.63, 3.8) is 0 Å². The molecule has 1 aliphatic rings. The summed E-state index contributed by atoms with van der Waals surface area (Å²) in [7, 11) is -2.38. The molecule has 0 fully saturated rings. The minimum absolute atomic E-state index is 0.158. The molecule has 0 aliphatic heterocycles. The lowest BCUT2D eigenvalue weighted by Gasteiger charge is -2.19. The summed E-state index contributed by atoms with van der Waals surface area (Å²) in [6, 6.07) is 12.2. The lowest BCUT2D eigenvalue weighted by molar-refractivity contribution is 0.417. The number of para-hydroxylation sites is 2. The topological polar surface area (TPSA) is 101 Å². The number of methoxy groups -OCH3 is 1. The summed E-state index contributed by atoms with van der Waals surface area (Å²) in [5.74, 6) is 0.441. The zero-order valence-electron chi connectivity index (χ0n) is 17.6. The van der Waals surface area contributed by atoms with Crippen molar-refractivity contribution in [2.45, 2.75) is 43.9 Å². The van der Waals surface area contributed by atoms with E-state index in [-0.39, 0.29) is 10.5 Å². The highest BCUT2D eigenvalue weighted by Crippen LogP contribution is 2.32. The molecule has 0 radical (unpaired) electrons. The van der Waals surface area contributed by atoms with Gasteiger partial charge in [-0.25, -0.2) is 13.5 Å². The van der Waals surface area contributed by atoms with Crippen LogP contribution >= 0.6 is 0 Å². The number of aryl methyl sites for hydroxylation is 1. The number of hydrogen-bond donors (Lipinski definition) is 2. The molecule has 1 heterocycles. The first-order valence-electron chi connectivity index (χ1n) is 10.3. The van der Waals surface area contributed by atoms with Crippen LogP contribution in [0.5, 0.6) is 5.75 Å². The van der Waals surface area contributed by atoms with E-state index in [1.165, 1.54) is 7.11 Å². The predicted octanol–water partition coefficient (Wildman–Crippen LogP) is 3.69. The molecule has 0 spiro atoms. The van der Waals surface area contributed by atoms with Gasteiger partial charge in [0, 0.05) is 11.1 Å². The first kappa shape index (κ1) is 21.1. The Hall–Kier alpha value is -3.13. The highest BCUT2D eigenvalue weighted by atomic mass is 32.2. The standard InChI is InChI=1S/C23H25N3O4S/c1-3-15-12-13-16(22-17-8-4-5-9-18(17)23(27)25-24-22)14-21(15)31(28,29)26-19-10-6-7-11-20(19)30-2/h6-7,10-14,26H,3-5,8-9H2,1-2H3,(H,25,27). The Bertz CT molecular complexity index is 1280. The first-order chi connectivity index (χ1) is 14.9. The molecule has 162 valence electrons. The lowest BCUT2D eigenvalue weighted by atomic mass is 9.89. The van der Waals surface area contributed by atoms with E-state index in [2.05, 4.69) is 14.9 Å². The summed E-state index contributed by atoms with van der Waals surface area (Å²) in [5.41, 5.74) is 3.90. The minimum Gasteiger partial charge on any atom is -0.495 e. The summed E-state index contributed by atoms with van der Waals surface area (Å²) in [6.07, 6.45) is 3.99. The number of fused-ring (bicyclic) bond motifs is 1. The Morgan fingerprint density at radius 2 is 1.84 bits per heavy atom. The van der Waals surface area contributed by atoms with Gasteiger partial charge in [0.05, 0.1) is 23.4 Å².